The van der Waals surface area contributed by atoms with Crippen molar-refractivity contribution in [3.8, 4) is 0 Å². The summed E-state index contributed by atoms with van der Waals surface area (Å²) in [5.41, 5.74) is -0.197. The molecule has 1 atom stereocenters. The van der Waals surface area contributed by atoms with Crippen molar-refractivity contribution in [1.82, 2.24) is 15.1 Å². The Morgan fingerprint density at radius 1 is 1.20 bits per heavy atom. The second-order valence-electron chi connectivity index (χ2n) is 9.24. The van der Waals surface area contributed by atoms with Crippen LogP contribution in [0.25, 0.3) is 0 Å². The van der Waals surface area contributed by atoms with Crippen molar-refractivity contribution in [1.29, 1.82) is 0 Å². The summed E-state index contributed by atoms with van der Waals surface area (Å²) in [6, 6.07) is 0.270. The fourth-order valence-corrected chi connectivity index (χ4v) is 5.43. The van der Waals surface area contributed by atoms with E-state index in [1.165, 1.54) is 0 Å². The quantitative estimate of drug-likeness (QED) is 0.753. The van der Waals surface area contributed by atoms with E-state index < -0.39 is 5.54 Å². The second-order valence-corrected chi connectivity index (χ2v) is 9.24. The van der Waals surface area contributed by atoms with Crippen LogP contribution < -0.4 is 5.32 Å². The number of fused-ring (bicyclic) bond motifs is 1. The van der Waals surface area contributed by atoms with Crippen LogP contribution in [0.1, 0.15) is 71.6 Å². The largest absolute Gasteiger partial charge is 0.352 e. The Kier molecular flexibility index (Phi) is 5.80. The SMILES string of the molecule is CC1=CC=CC2=NC(=O)CC(C)(C(=O)N(CC(=O)NC3CCCC3)C3CCCC3)N12. The summed E-state index contributed by atoms with van der Waals surface area (Å²) < 4.78 is 0. The minimum Gasteiger partial charge on any atom is -0.352 e. The van der Waals surface area contributed by atoms with Gasteiger partial charge in [-0.1, -0.05) is 31.8 Å². The number of carbonyl (C=O) groups is 3. The van der Waals surface area contributed by atoms with E-state index >= 15 is 0 Å². The van der Waals surface area contributed by atoms with Crippen LogP contribution in [0.4, 0.5) is 0 Å². The van der Waals surface area contributed by atoms with Gasteiger partial charge in [0, 0.05) is 17.8 Å². The fourth-order valence-electron chi connectivity index (χ4n) is 5.43. The molecule has 1 unspecified atom stereocenters. The van der Waals surface area contributed by atoms with Crippen LogP contribution in [-0.2, 0) is 14.4 Å². The van der Waals surface area contributed by atoms with Crippen LogP contribution in [0, 0.1) is 0 Å². The van der Waals surface area contributed by atoms with E-state index in [1.807, 2.05) is 30.9 Å². The van der Waals surface area contributed by atoms with Crippen molar-refractivity contribution >= 4 is 23.6 Å². The monoisotopic (exact) mass is 412 g/mol. The van der Waals surface area contributed by atoms with E-state index in [9.17, 15) is 14.4 Å². The Hall–Kier alpha value is -2.44. The van der Waals surface area contributed by atoms with E-state index in [4.69, 9.17) is 0 Å². The molecule has 1 N–H and O–H groups in total. The molecule has 7 nitrogen and oxygen atoms in total. The topological polar surface area (TPSA) is 82.1 Å². The summed E-state index contributed by atoms with van der Waals surface area (Å²) in [4.78, 5) is 47.0. The molecule has 2 fully saturated rings. The van der Waals surface area contributed by atoms with Gasteiger partial charge in [0.1, 0.15) is 11.4 Å². The zero-order valence-corrected chi connectivity index (χ0v) is 18.0. The highest BCUT2D eigenvalue weighted by Crippen LogP contribution is 2.35. The standard InChI is InChI=1S/C23H32N4O3/c1-16-8-7-13-19-25-20(28)14-23(2,27(16)19)22(30)26(18-11-5-6-12-18)15-21(29)24-17-9-3-4-10-17/h7-8,13,17-18H,3-6,9-12,14-15H2,1-2H3,(H,24,29). The summed E-state index contributed by atoms with van der Waals surface area (Å²) in [6.45, 7) is 3.80. The van der Waals surface area contributed by atoms with E-state index in [0.29, 0.717) is 5.84 Å². The van der Waals surface area contributed by atoms with Gasteiger partial charge in [-0.3, -0.25) is 14.4 Å². The van der Waals surface area contributed by atoms with Crippen LogP contribution in [0.3, 0.4) is 0 Å². The number of nitrogens with zero attached hydrogens (tertiary/aromatic N) is 3. The molecule has 2 heterocycles. The summed E-state index contributed by atoms with van der Waals surface area (Å²) in [5, 5.41) is 3.12. The molecular weight excluding hydrogens is 380 g/mol. The molecule has 0 spiro atoms. The number of hydrogen-bond donors (Lipinski definition) is 1. The Balaban J connectivity index is 1.59. The maximum atomic E-state index is 14.0. The van der Waals surface area contributed by atoms with Crippen molar-refractivity contribution < 1.29 is 14.4 Å². The Morgan fingerprint density at radius 2 is 1.87 bits per heavy atom. The van der Waals surface area contributed by atoms with Crippen LogP contribution in [-0.4, -0.2) is 57.5 Å². The third-order valence-corrected chi connectivity index (χ3v) is 6.91. The van der Waals surface area contributed by atoms with Crippen LogP contribution in [0.2, 0.25) is 0 Å². The molecule has 2 saturated carbocycles. The fraction of sp³-hybridized carbons (Fsp3) is 0.652. The summed E-state index contributed by atoms with van der Waals surface area (Å²) in [7, 11) is 0. The molecule has 7 heteroatoms. The lowest BCUT2D eigenvalue weighted by Gasteiger charge is -2.47. The molecule has 0 saturated heterocycles. The predicted octanol–water partition coefficient (Wildman–Crippen LogP) is 2.68. The van der Waals surface area contributed by atoms with Gasteiger partial charge in [-0.2, -0.15) is 4.99 Å². The maximum Gasteiger partial charge on any atom is 0.250 e. The molecule has 0 bridgehead atoms. The smallest absolute Gasteiger partial charge is 0.250 e. The Labute approximate surface area is 178 Å². The minimum atomic E-state index is -1.07. The molecular formula is C23H32N4O3. The first-order chi connectivity index (χ1) is 14.4. The molecule has 0 aromatic rings. The van der Waals surface area contributed by atoms with E-state index in [2.05, 4.69) is 10.3 Å². The van der Waals surface area contributed by atoms with Gasteiger partial charge in [0.05, 0.1) is 13.0 Å². The van der Waals surface area contributed by atoms with Crippen molar-refractivity contribution in [3.05, 3.63) is 23.9 Å². The van der Waals surface area contributed by atoms with Gasteiger partial charge in [0.15, 0.2) is 0 Å². The summed E-state index contributed by atoms with van der Waals surface area (Å²) in [6.07, 6.45) is 13.8. The van der Waals surface area contributed by atoms with Crippen LogP contribution >= 0.6 is 0 Å². The molecule has 162 valence electrons. The van der Waals surface area contributed by atoms with Crippen LogP contribution in [0.5, 0.6) is 0 Å². The van der Waals surface area contributed by atoms with Gasteiger partial charge in [-0.05, 0) is 51.7 Å². The number of rotatable bonds is 5. The first-order valence-corrected chi connectivity index (χ1v) is 11.3. The van der Waals surface area contributed by atoms with Gasteiger partial charge < -0.3 is 15.1 Å². The van der Waals surface area contributed by atoms with E-state index in [-0.39, 0.29) is 42.8 Å². The van der Waals surface area contributed by atoms with Crippen molar-refractivity contribution in [2.75, 3.05) is 6.54 Å². The highest BCUT2D eigenvalue weighted by Gasteiger charge is 2.50. The van der Waals surface area contributed by atoms with Crippen molar-refractivity contribution in [2.24, 2.45) is 4.99 Å². The lowest BCUT2D eigenvalue weighted by atomic mass is 9.88. The number of nitrogens with one attached hydrogen (secondary N) is 1. The van der Waals surface area contributed by atoms with Gasteiger partial charge >= 0.3 is 0 Å². The van der Waals surface area contributed by atoms with Crippen LogP contribution in [0.15, 0.2) is 28.9 Å². The molecule has 4 rings (SSSR count). The first-order valence-electron chi connectivity index (χ1n) is 11.3. The van der Waals surface area contributed by atoms with E-state index in [0.717, 1.165) is 57.1 Å². The molecule has 0 aromatic heterocycles. The highest BCUT2D eigenvalue weighted by atomic mass is 16.2. The first kappa shape index (κ1) is 20.8. The third-order valence-electron chi connectivity index (χ3n) is 6.91. The van der Waals surface area contributed by atoms with Gasteiger partial charge in [-0.15, -0.1) is 0 Å². The van der Waals surface area contributed by atoms with Gasteiger partial charge in [0.25, 0.3) is 5.91 Å². The van der Waals surface area contributed by atoms with E-state index in [1.54, 1.807) is 11.0 Å². The Bertz CT molecular complexity index is 818. The predicted molar refractivity (Wildman–Crippen MR) is 115 cm³/mol. The number of allylic oxidation sites excluding steroid dienone is 3. The van der Waals surface area contributed by atoms with Crippen molar-refractivity contribution in [3.63, 3.8) is 0 Å². The average molecular weight is 413 g/mol. The average Bonchev–Trinajstić information content (AvgIpc) is 3.39. The molecule has 2 aliphatic carbocycles. The zero-order chi connectivity index (χ0) is 21.3. The zero-order valence-electron chi connectivity index (χ0n) is 18.0. The second kappa shape index (κ2) is 8.36. The molecule has 0 radical (unpaired) electrons. The number of carbonyl (C=O) groups excluding carboxylic acids is 3. The number of hydrogen-bond acceptors (Lipinski definition) is 4. The third kappa shape index (κ3) is 3.94. The number of amidine groups is 1. The molecule has 4 aliphatic rings. The molecule has 3 amide bonds. The normalized spacial score (nSPS) is 27.0. The molecule has 0 aromatic carbocycles. The van der Waals surface area contributed by atoms with Gasteiger partial charge in [0.2, 0.25) is 11.8 Å². The Morgan fingerprint density at radius 3 is 2.57 bits per heavy atom. The number of amides is 3. The number of aliphatic imine (C=N–C) groups is 1. The summed E-state index contributed by atoms with van der Waals surface area (Å²) in [5.74, 6) is -0.0329. The molecule has 30 heavy (non-hydrogen) atoms. The lowest BCUT2D eigenvalue weighted by Crippen LogP contribution is -2.64. The maximum absolute atomic E-state index is 14.0. The molecule has 2 aliphatic heterocycles. The minimum absolute atomic E-state index is 0.0157. The van der Waals surface area contributed by atoms with Gasteiger partial charge in [-0.25, -0.2) is 0 Å². The summed E-state index contributed by atoms with van der Waals surface area (Å²) >= 11 is 0. The lowest BCUT2D eigenvalue weighted by molar-refractivity contribution is -0.148. The highest BCUT2D eigenvalue weighted by molar-refractivity contribution is 6.10. The van der Waals surface area contributed by atoms with Crippen molar-refractivity contribution in [2.45, 2.75) is 89.3 Å².